The van der Waals surface area contributed by atoms with Crippen molar-refractivity contribution in [1.29, 1.82) is 0 Å². The van der Waals surface area contributed by atoms with E-state index in [-0.39, 0.29) is 11.2 Å². The molecule has 0 saturated heterocycles. The molecule has 0 aliphatic carbocycles. The van der Waals surface area contributed by atoms with Gasteiger partial charge in [0, 0.05) is 0 Å². The van der Waals surface area contributed by atoms with Crippen molar-refractivity contribution < 1.29 is 4.39 Å². The molecule has 0 aliphatic rings. The Morgan fingerprint density at radius 2 is 1.54 bits per heavy atom. The van der Waals surface area contributed by atoms with Gasteiger partial charge in [0.1, 0.15) is 5.82 Å². The van der Waals surface area contributed by atoms with E-state index in [4.69, 9.17) is 0 Å². The van der Waals surface area contributed by atoms with Gasteiger partial charge in [0.15, 0.2) is 0 Å². The van der Waals surface area contributed by atoms with Gasteiger partial charge in [-0.05, 0) is 29.0 Å². The Morgan fingerprint density at radius 1 is 1.08 bits per heavy atom. The van der Waals surface area contributed by atoms with Crippen LogP contribution in [0, 0.1) is 11.7 Å². The lowest BCUT2D eigenvalue weighted by Crippen LogP contribution is -2.24. The van der Waals surface area contributed by atoms with E-state index in [1.54, 1.807) is 0 Å². The van der Waals surface area contributed by atoms with E-state index >= 15 is 0 Å². The summed E-state index contributed by atoms with van der Waals surface area (Å²) in [6.07, 6.45) is 0. The van der Waals surface area contributed by atoms with Crippen LogP contribution in [-0.2, 0) is 5.41 Å². The molecule has 1 aromatic carbocycles. The van der Waals surface area contributed by atoms with Gasteiger partial charge < -0.3 is 0 Å². The van der Waals surface area contributed by atoms with Crippen molar-refractivity contribution in [3.63, 3.8) is 0 Å². The summed E-state index contributed by atoms with van der Waals surface area (Å²) in [6, 6.07) is 6.80. The Balaban J connectivity index is 3.01. The third kappa shape index (κ3) is 2.09. The molecule has 1 rings (SSSR count). The molecule has 0 bridgehead atoms. The molecule has 0 amide bonds. The van der Waals surface area contributed by atoms with Crippen LogP contribution < -0.4 is 0 Å². The highest BCUT2D eigenvalue weighted by atomic mass is 19.1. The maximum absolute atomic E-state index is 12.7. The van der Waals surface area contributed by atoms with Crippen LogP contribution in [0.5, 0.6) is 0 Å². The lowest BCUT2D eigenvalue weighted by atomic mass is 9.75. The van der Waals surface area contributed by atoms with Crippen molar-refractivity contribution in [3.05, 3.63) is 35.6 Å². The summed E-state index contributed by atoms with van der Waals surface area (Å²) in [5.74, 6) is 0.390. The van der Waals surface area contributed by atoms with E-state index < -0.39 is 0 Å². The van der Waals surface area contributed by atoms with Crippen LogP contribution in [0.15, 0.2) is 24.3 Å². The molecule has 0 N–H and O–H groups in total. The summed E-state index contributed by atoms with van der Waals surface area (Å²) in [5, 5.41) is 0. The summed E-state index contributed by atoms with van der Waals surface area (Å²) in [5.41, 5.74) is 1.32. The quantitative estimate of drug-likeness (QED) is 0.650. The normalized spacial score (nSPS) is 12.2. The standard InChI is InChI=1S/C12H17F/c1-9(2)12(3,4)10-5-7-11(13)8-6-10/h5-9H,1-4H3. The first-order valence-corrected chi connectivity index (χ1v) is 4.70. The highest BCUT2D eigenvalue weighted by Gasteiger charge is 2.24. The lowest BCUT2D eigenvalue weighted by molar-refractivity contribution is 0.372. The average Bonchev–Trinajstić information content (AvgIpc) is 2.04. The number of halogens is 1. The highest BCUT2D eigenvalue weighted by Crippen LogP contribution is 2.30. The fraction of sp³-hybridized carbons (Fsp3) is 0.500. The molecule has 13 heavy (non-hydrogen) atoms. The van der Waals surface area contributed by atoms with Gasteiger partial charge >= 0.3 is 0 Å². The highest BCUT2D eigenvalue weighted by molar-refractivity contribution is 5.24. The summed E-state index contributed by atoms with van der Waals surface area (Å²) in [6.45, 7) is 8.74. The Bertz CT molecular complexity index is 270. The molecular weight excluding hydrogens is 163 g/mol. The lowest BCUT2D eigenvalue weighted by Gasteiger charge is -2.29. The minimum absolute atomic E-state index is 0.119. The Labute approximate surface area is 79.8 Å². The molecule has 0 fully saturated rings. The molecule has 0 atom stereocenters. The van der Waals surface area contributed by atoms with Crippen molar-refractivity contribution >= 4 is 0 Å². The average molecular weight is 180 g/mol. The summed E-state index contributed by atoms with van der Waals surface area (Å²) in [4.78, 5) is 0. The van der Waals surface area contributed by atoms with Gasteiger partial charge in [0.2, 0.25) is 0 Å². The summed E-state index contributed by atoms with van der Waals surface area (Å²) >= 11 is 0. The number of hydrogen-bond acceptors (Lipinski definition) is 0. The van der Waals surface area contributed by atoms with Gasteiger partial charge in [-0.3, -0.25) is 0 Å². The molecular formula is C12H17F. The van der Waals surface area contributed by atoms with Crippen molar-refractivity contribution in [1.82, 2.24) is 0 Å². The first kappa shape index (κ1) is 10.2. The van der Waals surface area contributed by atoms with Crippen molar-refractivity contribution in [2.24, 2.45) is 5.92 Å². The second kappa shape index (κ2) is 3.49. The second-order valence-corrected chi connectivity index (χ2v) is 4.38. The number of rotatable bonds is 2. The Hall–Kier alpha value is -0.850. The van der Waals surface area contributed by atoms with E-state index in [0.29, 0.717) is 5.92 Å². The molecule has 1 heteroatoms. The topological polar surface area (TPSA) is 0 Å². The van der Waals surface area contributed by atoms with Crippen LogP contribution in [0.25, 0.3) is 0 Å². The molecule has 1 aromatic rings. The van der Waals surface area contributed by atoms with Gasteiger partial charge in [0.25, 0.3) is 0 Å². The summed E-state index contributed by atoms with van der Waals surface area (Å²) < 4.78 is 12.7. The second-order valence-electron chi connectivity index (χ2n) is 4.38. The van der Waals surface area contributed by atoms with Crippen LogP contribution in [0.4, 0.5) is 4.39 Å². The monoisotopic (exact) mass is 180 g/mol. The molecule has 0 nitrogen and oxygen atoms in total. The van der Waals surface area contributed by atoms with E-state index in [1.165, 1.54) is 17.7 Å². The number of benzene rings is 1. The van der Waals surface area contributed by atoms with E-state index in [9.17, 15) is 4.39 Å². The Morgan fingerprint density at radius 3 is 1.92 bits per heavy atom. The van der Waals surface area contributed by atoms with Crippen molar-refractivity contribution in [2.45, 2.75) is 33.1 Å². The first-order chi connectivity index (χ1) is 5.94. The molecule has 72 valence electrons. The molecule has 0 aromatic heterocycles. The third-order valence-electron chi connectivity index (χ3n) is 3.03. The predicted molar refractivity (Wildman–Crippen MR) is 54.3 cm³/mol. The van der Waals surface area contributed by atoms with Gasteiger partial charge in [-0.1, -0.05) is 39.8 Å². The molecule has 0 heterocycles. The molecule has 0 spiro atoms. The zero-order chi connectivity index (χ0) is 10.1. The Kier molecular flexibility index (Phi) is 2.74. The third-order valence-corrected chi connectivity index (χ3v) is 3.03. The van der Waals surface area contributed by atoms with Gasteiger partial charge in [0.05, 0.1) is 0 Å². The van der Waals surface area contributed by atoms with Crippen LogP contribution >= 0.6 is 0 Å². The zero-order valence-corrected chi connectivity index (χ0v) is 8.76. The minimum Gasteiger partial charge on any atom is -0.207 e. The molecule has 0 aliphatic heterocycles. The van der Waals surface area contributed by atoms with Crippen LogP contribution in [0.2, 0.25) is 0 Å². The minimum atomic E-state index is -0.164. The fourth-order valence-corrected chi connectivity index (χ4v) is 1.21. The van der Waals surface area contributed by atoms with Crippen LogP contribution in [0.1, 0.15) is 33.3 Å². The smallest absolute Gasteiger partial charge is 0.123 e. The maximum Gasteiger partial charge on any atom is 0.123 e. The van der Waals surface area contributed by atoms with Gasteiger partial charge in [-0.2, -0.15) is 0 Å². The van der Waals surface area contributed by atoms with E-state index in [1.807, 2.05) is 12.1 Å². The van der Waals surface area contributed by atoms with Crippen molar-refractivity contribution in [3.8, 4) is 0 Å². The zero-order valence-electron chi connectivity index (χ0n) is 8.76. The molecule has 0 saturated carbocycles. The molecule has 0 unspecified atom stereocenters. The molecule has 0 radical (unpaired) electrons. The van der Waals surface area contributed by atoms with E-state index in [2.05, 4.69) is 27.7 Å². The summed E-state index contributed by atoms with van der Waals surface area (Å²) in [7, 11) is 0. The van der Waals surface area contributed by atoms with E-state index in [0.717, 1.165) is 0 Å². The SMILES string of the molecule is CC(C)C(C)(C)c1ccc(F)cc1. The maximum atomic E-state index is 12.7. The van der Waals surface area contributed by atoms with Gasteiger partial charge in [-0.25, -0.2) is 4.39 Å². The van der Waals surface area contributed by atoms with Crippen LogP contribution in [0.3, 0.4) is 0 Å². The predicted octanol–water partition coefficient (Wildman–Crippen LogP) is 3.76. The first-order valence-electron chi connectivity index (χ1n) is 4.70. The van der Waals surface area contributed by atoms with Gasteiger partial charge in [-0.15, -0.1) is 0 Å². The fourth-order valence-electron chi connectivity index (χ4n) is 1.21. The van der Waals surface area contributed by atoms with Crippen LogP contribution in [-0.4, -0.2) is 0 Å². The number of hydrogen-bond donors (Lipinski definition) is 0. The van der Waals surface area contributed by atoms with Crippen molar-refractivity contribution in [2.75, 3.05) is 0 Å². The largest absolute Gasteiger partial charge is 0.207 e.